The van der Waals surface area contributed by atoms with E-state index in [0.29, 0.717) is 86.8 Å². The summed E-state index contributed by atoms with van der Waals surface area (Å²) in [5.74, 6) is 1.27. The van der Waals surface area contributed by atoms with Crippen LogP contribution in [0.3, 0.4) is 0 Å². The maximum absolute atomic E-state index is 13.5. The van der Waals surface area contributed by atoms with Crippen molar-refractivity contribution >= 4 is 12.3 Å². The number of amides is 2. The van der Waals surface area contributed by atoms with Gasteiger partial charge in [-0.05, 0) is 67.1 Å². The summed E-state index contributed by atoms with van der Waals surface area (Å²) in [6.45, 7) is 5.26. The van der Waals surface area contributed by atoms with Gasteiger partial charge in [-0.2, -0.15) is 13.2 Å². The van der Waals surface area contributed by atoms with Crippen molar-refractivity contribution in [1.29, 1.82) is 0 Å². The number of fused-ring (bicyclic) bond motifs is 1. The Morgan fingerprint density at radius 3 is 2.55 bits per heavy atom. The third-order valence-electron chi connectivity index (χ3n) is 6.82. The number of ether oxygens (including phenoxy) is 3. The number of carbonyl (C=O) groups is 2. The molecule has 0 bridgehead atoms. The average molecular weight is 567 g/mol. The van der Waals surface area contributed by atoms with Crippen LogP contribution in [0.1, 0.15) is 62.3 Å². The summed E-state index contributed by atoms with van der Waals surface area (Å²) < 4.78 is 56.0. The minimum atomic E-state index is -4.74. The number of aliphatic hydroxyl groups excluding tert-OH is 1. The number of nitrogens with zero attached hydrogens (tertiary/aromatic N) is 1. The van der Waals surface area contributed by atoms with Crippen LogP contribution in [-0.2, 0) is 21.5 Å². The van der Waals surface area contributed by atoms with Crippen LogP contribution in [-0.4, -0.2) is 61.9 Å². The summed E-state index contributed by atoms with van der Waals surface area (Å²) in [6.07, 6.45) is -3.67. The molecule has 0 saturated heterocycles. The largest absolute Gasteiger partial charge is 0.493 e. The summed E-state index contributed by atoms with van der Waals surface area (Å²) in [4.78, 5) is 26.4. The Hall–Kier alpha value is -3.47. The highest BCUT2D eigenvalue weighted by atomic mass is 19.4. The van der Waals surface area contributed by atoms with Crippen molar-refractivity contribution in [1.82, 2.24) is 10.2 Å². The Morgan fingerprint density at radius 1 is 1.15 bits per heavy atom. The van der Waals surface area contributed by atoms with E-state index in [-0.39, 0.29) is 11.5 Å². The molecular formula is C29H37F3N2O6. The molecule has 1 aliphatic rings. The first kappa shape index (κ1) is 31.1. The van der Waals surface area contributed by atoms with Crippen molar-refractivity contribution in [2.75, 3.05) is 33.4 Å². The fourth-order valence-corrected chi connectivity index (χ4v) is 4.54. The molecule has 3 rings (SSSR count). The highest BCUT2D eigenvalue weighted by molar-refractivity contribution is 5.89. The van der Waals surface area contributed by atoms with E-state index in [2.05, 4.69) is 5.32 Å². The van der Waals surface area contributed by atoms with Crippen molar-refractivity contribution in [3.05, 3.63) is 53.1 Å². The molecule has 220 valence electrons. The summed E-state index contributed by atoms with van der Waals surface area (Å²) in [5, 5.41) is 12.2. The maximum atomic E-state index is 13.5. The molecule has 0 saturated carbocycles. The van der Waals surface area contributed by atoms with E-state index in [0.717, 1.165) is 6.42 Å². The van der Waals surface area contributed by atoms with Gasteiger partial charge in [-0.3, -0.25) is 9.59 Å². The summed E-state index contributed by atoms with van der Waals surface area (Å²) in [5.41, 5.74) is -0.382. The average Bonchev–Trinajstić information content (AvgIpc) is 3.17. The zero-order valence-electron chi connectivity index (χ0n) is 23.1. The fourth-order valence-electron chi connectivity index (χ4n) is 4.54. The Labute approximate surface area is 232 Å². The molecule has 2 atom stereocenters. The Balaban J connectivity index is 1.58. The lowest BCUT2D eigenvalue weighted by atomic mass is 9.90. The molecule has 1 aliphatic heterocycles. The molecule has 2 N–H and O–H groups in total. The number of hydrogen-bond acceptors (Lipinski definition) is 6. The number of benzene rings is 2. The SMILES string of the molecule is CCCc1cc(C(O)C(F)(F)F)ccc1OCCCCN(C)C(=O)C(C)(NC=O)c1ccc2c(c1)OCCCO2. The van der Waals surface area contributed by atoms with E-state index in [1.807, 2.05) is 6.92 Å². The summed E-state index contributed by atoms with van der Waals surface area (Å²) in [6, 6.07) is 9.19. The predicted octanol–water partition coefficient (Wildman–Crippen LogP) is 4.67. The maximum Gasteiger partial charge on any atom is 0.418 e. The van der Waals surface area contributed by atoms with E-state index in [4.69, 9.17) is 14.2 Å². The van der Waals surface area contributed by atoms with Gasteiger partial charge in [0.2, 0.25) is 6.41 Å². The molecule has 2 aromatic rings. The predicted molar refractivity (Wildman–Crippen MR) is 142 cm³/mol. The molecule has 0 fully saturated rings. The standard InChI is InChI=1S/C29H37F3N2O6/c1-4-8-20-17-21(26(36)29(30,31)32)9-11-23(20)38-14-6-5-13-34(3)27(37)28(2,33-19-35)22-10-12-24-25(18-22)40-16-7-15-39-24/h9-12,17-19,26,36H,4-8,13-16H2,1-3H3,(H,33,35). The van der Waals surface area contributed by atoms with Crippen molar-refractivity contribution in [3.63, 3.8) is 0 Å². The molecule has 1 heterocycles. The molecule has 0 spiro atoms. The molecule has 40 heavy (non-hydrogen) atoms. The number of halogens is 3. The number of nitrogens with one attached hydrogen (secondary N) is 1. The molecular weight excluding hydrogens is 529 g/mol. The first-order valence-electron chi connectivity index (χ1n) is 13.4. The van der Waals surface area contributed by atoms with Crippen LogP contribution in [0.2, 0.25) is 0 Å². The normalized spacial score (nSPS) is 15.4. The van der Waals surface area contributed by atoms with E-state index in [1.165, 1.54) is 23.1 Å². The quantitative estimate of drug-likeness (QED) is 0.270. The molecule has 8 nitrogen and oxygen atoms in total. The third kappa shape index (κ3) is 7.59. The lowest BCUT2D eigenvalue weighted by molar-refractivity contribution is -0.206. The Kier molecular flexibility index (Phi) is 10.7. The van der Waals surface area contributed by atoms with Crippen LogP contribution in [0.4, 0.5) is 13.2 Å². The minimum absolute atomic E-state index is 0.219. The van der Waals surface area contributed by atoms with Crippen LogP contribution in [0.25, 0.3) is 0 Å². The van der Waals surface area contributed by atoms with Crippen LogP contribution >= 0.6 is 0 Å². The third-order valence-corrected chi connectivity index (χ3v) is 6.82. The Bertz CT molecular complexity index is 1160. The second-order valence-corrected chi connectivity index (χ2v) is 9.94. The number of carbonyl (C=O) groups excluding carboxylic acids is 2. The van der Waals surface area contributed by atoms with Crippen LogP contribution < -0.4 is 19.5 Å². The van der Waals surface area contributed by atoms with E-state index in [9.17, 15) is 27.9 Å². The monoisotopic (exact) mass is 566 g/mol. The van der Waals surface area contributed by atoms with Gasteiger partial charge in [0.15, 0.2) is 17.6 Å². The number of alkyl halides is 3. The number of unbranched alkanes of at least 4 members (excludes halogenated alkanes) is 1. The van der Waals surface area contributed by atoms with Crippen LogP contribution in [0, 0.1) is 0 Å². The molecule has 0 aliphatic carbocycles. The molecule has 0 aromatic heterocycles. The van der Waals surface area contributed by atoms with E-state index in [1.54, 1.807) is 32.2 Å². The van der Waals surface area contributed by atoms with Gasteiger partial charge >= 0.3 is 6.18 Å². The number of aryl methyl sites for hydroxylation is 1. The molecule has 2 amide bonds. The molecule has 11 heteroatoms. The smallest absolute Gasteiger partial charge is 0.418 e. The van der Waals surface area contributed by atoms with Gasteiger partial charge in [0.1, 0.15) is 11.3 Å². The second kappa shape index (κ2) is 13.7. The molecule has 0 radical (unpaired) electrons. The zero-order valence-corrected chi connectivity index (χ0v) is 23.1. The van der Waals surface area contributed by atoms with Gasteiger partial charge in [-0.25, -0.2) is 0 Å². The minimum Gasteiger partial charge on any atom is -0.493 e. The van der Waals surface area contributed by atoms with Crippen molar-refractivity contribution in [2.24, 2.45) is 0 Å². The van der Waals surface area contributed by atoms with Crippen LogP contribution in [0.5, 0.6) is 17.2 Å². The lowest BCUT2D eigenvalue weighted by Crippen LogP contribution is -2.52. The first-order valence-corrected chi connectivity index (χ1v) is 13.4. The highest BCUT2D eigenvalue weighted by Gasteiger charge is 2.40. The fraction of sp³-hybridized carbons (Fsp3) is 0.517. The van der Waals surface area contributed by atoms with Crippen molar-refractivity contribution in [2.45, 2.75) is 63.8 Å². The van der Waals surface area contributed by atoms with Crippen LogP contribution in [0.15, 0.2) is 36.4 Å². The van der Waals surface area contributed by atoms with Crippen molar-refractivity contribution in [3.8, 4) is 17.2 Å². The lowest BCUT2D eigenvalue weighted by Gasteiger charge is -2.33. The van der Waals surface area contributed by atoms with E-state index < -0.39 is 17.8 Å². The molecule has 2 aromatic carbocycles. The topological polar surface area (TPSA) is 97.3 Å². The highest BCUT2D eigenvalue weighted by Crippen LogP contribution is 2.36. The second-order valence-electron chi connectivity index (χ2n) is 9.94. The Morgan fingerprint density at radius 2 is 1.88 bits per heavy atom. The molecule has 2 unspecified atom stereocenters. The van der Waals surface area contributed by atoms with Gasteiger partial charge in [0.05, 0.1) is 19.8 Å². The van der Waals surface area contributed by atoms with Crippen molar-refractivity contribution < 1.29 is 42.1 Å². The zero-order chi connectivity index (χ0) is 29.3. The van der Waals surface area contributed by atoms with Gasteiger partial charge in [0.25, 0.3) is 5.91 Å². The summed E-state index contributed by atoms with van der Waals surface area (Å²) in [7, 11) is 1.65. The van der Waals surface area contributed by atoms with Gasteiger partial charge in [-0.1, -0.05) is 25.5 Å². The van der Waals surface area contributed by atoms with Gasteiger partial charge < -0.3 is 29.5 Å². The van der Waals surface area contributed by atoms with Gasteiger partial charge in [-0.15, -0.1) is 0 Å². The van der Waals surface area contributed by atoms with E-state index >= 15 is 0 Å². The summed E-state index contributed by atoms with van der Waals surface area (Å²) >= 11 is 0. The number of aliphatic hydroxyl groups is 1. The first-order chi connectivity index (χ1) is 19.0. The van der Waals surface area contributed by atoms with Gasteiger partial charge in [0, 0.05) is 20.0 Å². The number of rotatable bonds is 13. The number of hydrogen-bond donors (Lipinski definition) is 2. The number of likely N-dealkylation sites (N-methyl/N-ethyl adjacent to an activating group) is 1.